The molecule has 2 N–H and O–H groups in total. The lowest BCUT2D eigenvalue weighted by Crippen LogP contribution is -2.43. The summed E-state index contributed by atoms with van der Waals surface area (Å²) in [6.45, 7) is 12.2. The number of unbranched alkanes of at least 4 members (excludes halogenated alkanes) is 2. The zero-order valence-corrected chi connectivity index (χ0v) is 13.9. The molecule has 0 aromatic heterocycles. The molecule has 0 saturated carbocycles. The van der Waals surface area contributed by atoms with Crippen molar-refractivity contribution in [3.05, 3.63) is 35.4 Å². The van der Waals surface area contributed by atoms with Gasteiger partial charge in [-0.2, -0.15) is 0 Å². The maximum absolute atomic E-state index is 6.31. The van der Waals surface area contributed by atoms with Gasteiger partial charge in [0.15, 0.2) is 0 Å². The number of hydrogen-bond acceptors (Lipinski definition) is 2. The second-order valence-electron chi connectivity index (χ2n) is 6.25. The van der Waals surface area contributed by atoms with E-state index in [1.165, 1.54) is 30.4 Å². The summed E-state index contributed by atoms with van der Waals surface area (Å²) in [5, 5.41) is 0. The van der Waals surface area contributed by atoms with Gasteiger partial charge in [-0.15, -0.1) is 0 Å². The first-order valence-corrected chi connectivity index (χ1v) is 8.05. The van der Waals surface area contributed by atoms with Gasteiger partial charge in [0, 0.05) is 18.1 Å². The minimum absolute atomic E-state index is 0.140. The summed E-state index contributed by atoms with van der Waals surface area (Å²) in [5.41, 5.74) is 8.96. The first-order chi connectivity index (χ1) is 9.47. The van der Waals surface area contributed by atoms with E-state index in [0.717, 1.165) is 6.54 Å². The highest BCUT2D eigenvalue weighted by Gasteiger charge is 2.25. The van der Waals surface area contributed by atoms with Gasteiger partial charge in [0.2, 0.25) is 0 Å². The van der Waals surface area contributed by atoms with Crippen LogP contribution in [0.4, 0.5) is 0 Å². The third-order valence-electron chi connectivity index (χ3n) is 3.96. The van der Waals surface area contributed by atoms with Gasteiger partial charge < -0.3 is 5.73 Å². The van der Waals surface area contributed by atoms with Crippen molar-refractivity contribution < 1.29 is 0 Å². The number of nitrogens with zero attached hydrogens (tertiary/aromatic N) is 1. The minimum atomic E-state index is 0.140. The Balaban J connectivity index is 2.92. The Morgan fingerprint density at radius 2 is 1.65 bits per heavy atom. The molecule has 1 aromatic rings. The molecule has 0 heterocycles. The Kier molecular flexibility index (Phi) is 7.25. The highest BCUT2D eigenvalue weighted by molar-refractivity contribution is 5.25. The minimum Gasteiger partial charge on any atom is -0.326 e. The lowest BCUT2D eigenvalue weighted by Gasteiger charge is -2.37. The van der Waals surface area contributed by atoms with Crippen molar-refractivity contribution in [1.29, 1.82) is 0 Å². The predicted octanol–water partition coefficient (Wildman–Crippen LogP) is 4.28. The summed E-state index contributed by atoms with van der Waals surface area (Å²) in [6.07, 6.45) is 3.81. The van der Waals surface area contributed by atoms with Crippen LogP contribution in [0.3, 0.4) is 0 Å². The number of nitrogens with two attached hydrogens (primary N) is 1. The zero-order chi connectivity index (χ0) is 15.1. The van der Waals surface area contributed by atoms with Gasteiger partial charge in [0.05, 0.1) is 0 Å². The summed E-state index contributed by atoms with van der Waals surface area (Å²) in [4.78, 5) is 2.56. The molecule has 0 amide bonds. The molecule has 0 radical (unpaired) electrons. The average molecular weight is 276 g/mol. The number of benzene rings is 1. The van der Waals surface area contributed by atoms with Gasteiger partial charge in [-0.25, -0.2) is 0 Å². The summed E-state index contributed by atoms with van der Waals surface area (Å²) >= 11 is 0. The number of hydrogen-bond donors (Lipinski definition) is 1. The Morgan fingerprint density at radius 1 is 1.05 bits per heavy atom. The molecule has 0 fully saturated rings. The lowest BCUT2D eigenvalue weighted by atomic mass is 9.96. The van der Waals surface area contributed by atoms with E-state index >= 15 is 0 Å². The summed E-state index contributed by atoms with van der Waals surface area (Å²) in [5.74, 6) is 0. The van der Waals surface area contributed by atoms with Crippen molar-refractivity contribution in [1.82, 2.24) is 4.90 Å². The molecule has 2 atom stereocenters. The van der Waals surface area contributed by atoms with E-state index in [2.05, 4.69) is 63.8 Å². The molecule has 2 heteroatoms. The smallest absolute Gasteiger partial charge is 0.0499 e. The summed E-state index contributed by atoms with van der Waals surface area (Å²) < 4.78 is 0. The van der Waals surface area contributed by atoms with Gasteiger partial charge in [0.25, 0.3) is 0 Å². The topological polar surface area (TPSA) is 29.3 Å². The Bertz CT molecular complexity index is 368. The van der Waals surface area contributed by atoms with E-state index in [0.29, 0.717) is 12.1 Å². The van der Waals surface area contributed by atoms with Gasteiger partial charge in [-0.1, -0.05) is 49.6 Å². The van der Waals surface area contributed by atoms with Crippen LogP contribution in [0.2, 0.25) is 0 Å². The standard InChI is InChI=1S/C18H32N2/c1-6-7-8-13-20(14(2)3)18(16(5)19)17-11-9-15(4)10-12-17/h9-12,14,16,18H,6-8,13,19H2,1-5H3. The molecule has 0 aliphatic rings. The molecule has 0 saturated heterocycles. The van der Waals surface area contributed by atoms with Crippen LogP contribution in [0, 0.1) is 6.92 Å². The van der Waals surface area contributed by atoms with E-state index in [1.54, 1.807) is 0 Å². The fourth-order valence-electron chi connectivity index (χ4n) is 2.82. The van der Waals surface area contributed by atoms with Crippen LogP contribution in [0.1, 0.15) is 64.1 Å². The SMILES string of the molecule is CCCCCN(C(C)C)C(c1ccc(C)cc1)C(C)N. The normalized spacial score (nSPS) is 14.8. The molecule has 0 aliphatic carbocycles. The van der Waals surface area contributed by atoms with Crippen LogP contribution in [0.15, 0.2) is 24.3 Å². The molecule has 1 aromatic carbocycles. The van der Waals surface area contributed by atoms with Crippen molar-refractivity contribution >= 4 is 0 Å². The molecule has 1 rings (SSSR count). The van der Waals surface area contributed by atoms with Crippen LogP contribution >= 0.6 is 0 Å². The number of aryl methyl sites for hydroxylation is 1. The van der Waals surface area contributed by atoms with E-state index < -0.39 is 0 Å². The molecule has 20 heavy (non-hydrogen) atoms. The van der Waals surface area contributed by atoms with E-state index in [1.807, 2.05) is 0 Å². The largest absolute Gasteiger partial charge is 0.326 e. The van der Waals surface area contributed by atoms with Gasteiger partial charge in [-0.3, -0.25) is 4.90 Å². The van der Waals surface area contributed by atoms with Gasteiger partial charge in [0.1, 0.15) is 0 Å². The fraction of sp³-hybridized carbons (Fsp3) is 0.667. The maximum Gasteiger partial charge on any atom is 0.0499 e. The van der Waals surface area contributed by atoms with Crippen molar-refractivity contribution in [2.24, 2.45) is 5.73 Å². The predicted molar refractivity (Wildman–Crippen MR) is 88.9 cm³/mol. The van der Waals surface area contributed by atoms with E-state index in [4.69, 9.17) is 5.73 Å². The van der Waals surface area contributed by atoms with Gasteiger partial charge in [-0.05, 0) is 46.2 Å². The Morgan fingerprint density at radius 3 is 2.10 bits per heavy atom. The van der Waals surface area contributed by atoms with Crippen molar-refractivity contribution in [3.63, 3.8) is 0 Å². The zero-order valence-electron chi connectivity index (χ0n) is 13.9. The van der Waals surface area contributed by atoms with Crippen molar-refractivity contribution in [3.8, 4) is 0 Å². The fourth-order valence-corrected chi connectivity index (χ4v) is 2.82. The third kappa shape index (κ3) is 4.92. The third-order valence-corrected chi connectivity index (χ3v) is 3.96. The molecule has 2 nitrogen and oxygen atoms in total. The Labute approximate surface area is 125 Å². The van der Waals surface area contributed by atoms with Crippen LogP contribution < -0.4 is 5.73 Å². The molecule has 0 bridgehead atoms. The number of rotatable bonds is 8. The second-order valence-corrected chi connectivity index (χ2v) is 6.25. The van der Waals surface area contributed by atoms with E-state index in [9.17, 15) is 0 Å². The lowest BCUT2D eigenvalue weighted by molar-refractivity contribution is 0.133. The monoisotopic (exact) mass is 276 g/mol. The van der Waals surface area contributed by atoms with Crippen LogP contribution in [-0.4, -0.2) is 23.5 Å². The molecule has 0 aliphatic heterocycles. The van der Waals surface area contributed by atoms with Crippen LogP contribution in [0.25, 0.3) is 0 Å². The average Bonchev–Trinajstić information content (AvgIpc) is 2.39. The molecule has 2 unspecified atom stereocenters. The van der Waals surface area contributed by atoms with Crippen molar-refractivity contribution in [2.75, 3.05) is 6.54 Å². The molecular weight excluding hydrogens is 244 g/mol. The quantitative estimate of drug-likeness (QED) is 0.718. The van der Waals surface area contributed by atoms with Gasteiger partial charge >= 0.3 is 0 Å². The van der Waals surface area contributed by atoms with E-state index in [-0.39, 0.29) is 6.04 Å². The summed E-state index contributed by atoms with van der Waals surface area (Å²) in [7, 11) is 0. The summed E-state index contributed by atoms with van der Waals surface area (Å²) in [6, 6.07) is 9.82. The highest BCUT2D eigenvalue weighted by atomic mass is 15.2. The second kappa shape index (κ2) is 8.43. The molecule has 0 spiro atoms. The maximum atomic E-state index is 6.31. The molecule has 114 valence electrons. The Hall–Kier alpha value is -0.860. The van der Waals surface area contributed by atoms with Crippen LogP contribution in [0.5, 0.6) is 0 Å². The van der Waals surface area contributed by atoms with Crippen molar-refractivity contribution in [2.45, 2.75) is 72.0 Å². The first kappa shape index (κ1) is 17.2. The molecular formula is C18H32N2. The van der Waals surface area contributed by atoms with Crippen LogP contribution in [-0.2, 0) is 0 Å². The first-order valence-electron chi connectivity index (χ1n) is 8.05. The highest BCUT2D eigenvalue weighted by Crippen LogP contribution is 2.26.